The Morgan fingerprint density at radius 1 is 1.26 bits per heavy atom. The third-order valence-electron chi connectivity index (χ3n) is 5.36. The predicted molar refractivity (Wildman–Crippen MR) is 107 cm³/mol. The van der Waals surface area contributed by atoms with E-state index in [9.17, 15) is 4.79 Å². The van der Waals surface area contributed by atoms with E-state index in [1.165, 1.54) is 4.68 Å². The lowest BCUT2D eigenvalue weighted by Crippen LogP contribution is -2.44. The fraction of sp³-hybridized carbons (Fsp3) is 0.500. The van der Waals surface area contributed by atoms with E-state index in [1.54, 1.807) is 18.3 Å². The molecule has 2 unspecified atom stereocenters. The Morgan fingerprint density at radius 3 is 2.78 bits per heavy atom. The number of hydrogen-bond acceptors (Lipinski definition) is 5. The third-order valence-corrected chi connectivity index (χ3v) is 5.59. The molecule has 1 saturated heterocycles. The molecule has 6 nitrogen and oxygen atoms in total. The van der Waals surface area contributed by atoms with E-state index in [-0.39, 0.29) is 11.7 Å². The summed E-state index contributed by atoms with van der Waals surface area (Å²) in [6, 6.07) is 7.16. The summed E-state index contributed by atoms with van der Waals surface area (Å²) in [4.78, 5) is 15.5. The van der Waals surface area contributed by atoms with Crippen LogP contribution in [-0.4, -0.2) is 42.1 Å². The van der Waals surface area contributed by atoms with Crippen molar-refractivity contribution in [1.82, 2.24) is 15.1 Å². The Hall–Kier alpha value is -2.05. The molecule has 2 aliphatic rings. The number of aromatic nitrogens is 2. The zero-order valence-corrected chi connectivity index (χ0v) is 16.3. The Kier molecular flexibility index (Phi) is 5.36. The van der Waals surface area contributed by atoms with Gasteiger partial charge in [-0.2, -0.15) is 9.78 Å². The van der Waals surface area contributed by atoms with E-state index in [4.69, 9.17) is 16.3 Å². The monoisotopic (exact) mass is 388 g/mol. The van der Waals surface area contributed by atoms with Crippen molar-refractivity contribution in [1.29, 1.82) is 0 Å². The summed E-state index contributed by atoms with van der Waals surface area (Å²) >= 11 is 6.10. The first kappa shape index (κ1) is 18.3. The smallest absolute Gasteiger partial charge is 0.316 e. The fourth-order valence-electron chi connectivity index (χ4n) is 3.89. The van der Waals surface area contributed by atoms with Gasteiger partial charge in [-0.25, -0.2) is 0 Å². The summed E-state index contributed by atoms with van der Waals surface area (Å²) in [7, 11) is 0. The Bertz CT molecular complexity index is 863. The Morgan fingerprint density at radius 2 is 2.07 bits per heavy atom. The van der Waals surface area contributed by atoms with Crippen molar-refractivity contribution < 1.29 is 4.74 Å². The molecule has 1 aliphatic carbocycles. The molecule has 1 N–H and O–H groups in total. The SMILES string of the molecule is CC1CCC(Oc2c(N3CCNCC3)cnn(-c3cccc(Cl)c3)c2=O)C1. The number of anilines is 1. The second kappa shape index (κ2) is 7.90. The first-order valence-electron chi connectivity index (χ1n) is 9.62. The highest BCUT2D eigenvalue weighted by Crippen LogP contribution is 2.32. The molecule has 0 spiro atoms. The average molecular weight is 389 g/mol. The lowest BCUT2D eigenvalue weighted by Gasteiger charge is -2.31. The number of nitrogens with one attached hydrogen (secondary N) is 1. The number of halogens is 1. The molecule has 0 amide bonds. The zero-order valence-electron chi connectivity index (χ0n) is 15.5. The quantitative estimate of drug-likeness (QED) is 0.872. The molecule has 0 bridgehead atoms. The van der Waals surface area contributed by atoms with Gasteiger partial charge in [0.1, 0.15) is 5.69 Å². The maximum absolute atomic E-state index is 13.3. The molecule has 1 aliphatic heterocycles. The molecule has 7 heteroatoms. The van der Waals surface area contributed by atoms with Gasteiger partial charge in [0.2, 0.25) is 5.75 Å². The highest BCUT2D eigenvalue weighted by atomic mass is 35.5. The van der Waals surface area contributed by atoms with Gasteiger partial charge in [-0.1, -0.05) is 24.6 Å². The maximum atomic E-state index is 13.3. The van der Waals surface area contributed by atoms with Crippen LogP contribution in [0.5, 0.6) is 5.75 Å². The molecular formula is C20H25ClN4O2. The van der Waals surface area contributed by atoms with Crippen LogP contribution < -0.4 is 20.5 Å². The Labute approximate surface area is 164 Å². The maximum Gasteiger partial charge on any atom is 0.316 e. The van der Waals surface area contributed by atoms with E-state index in [2.05, 4.69) is 22.2 Å². The minimum absolute atomic E-state index is 0.0876. The van der Waals surface area contributed by atoms with Gasteiger partial charge < -0.3 is 15.0 Å². The molecule has 2 heterocycles. The van der Waals surface area contributed by atoms with Crippen molar-refractivity contribution in [3.8, 4) is 11.4 Å². The molecule has 1 aromatic heterocycles. The van der Waals surface area contributed by atoms with Crippen LogP contribution in [0.3, 0.4) is 0 Å². The van der Waals surface area contributed by atoms with Gasteiger partial charge in [0.15, 0.2) is 0 Å². The van der Waals surface area contributed by atoms with Crippen LogP contribution >= 0.6 is 11.6 Å². The molecular weight excluding hydrogens is 364 g/mol. The van der Waals surface area contributed by atoms with Crippen molar-refractivity contribution in [2.45, 2.75) is 32.3 Å². The van der Waals surface area contributed by atoms with Crippen LogP contribution in [-0.2, 0) is 0 Å². The lowest BCUT2D eigenvalue weighted by atomic mass is 10.1. The highest BCUT2D eigenvalue weighted by molar-refractivity contribution is 6.30. The van der Waals surface area contributed by atoms with Crippen LogP contribution in [0.15, 0.2) is 35.3 Å². The van der Waals surface area contributed by atoms with Crippen LogP contribution in [0.2, 0.25) is 5.02 Å². The molecule has 2 atom stereocenters. The summed E-state index contributed by atoms with van der Waals surface area (Å²) in [6.07, 6.45) is 4.95. The van der Waals surface area contributed by atoms with Crippen molar-refractivity contribution in [2.75, 3.05) is 31.1 Å². The van der Waals surface area contributed by atoms with Crippen molar-refractivity contribution in [3.05, 3.63) is 45.8 Å². The summed E-state index contributed by atoms with van der Waals surface area (Å²) in [5.41, 5.74) is 1.20. The molecule has 2 aromatic rings. The average Bonchev–Trinajstić information content (AvgIpc) is 3.09. The number of rotatable bonds is 4. The number of nitrogens with zero attached hydrogens (tertiary/aromatic N) is 3. The van der Waals surface area contributed by atoms with Crippen molar-refractivity contribution in [2.24, 2.45) is 5.92 Å². The molecule has 1 saturated carbocycles. The second-order valence-electron chi connectivity index (χ2n) is 7.45. The van der Waals surface area contributed by atoms with Crippen LogP contribution in [0.1, 0.15) is 26.2 Å². The molecule has 2 fully saturated rings. The topological polar surface area (TPSA) is 59.4 Å². The van der Waals surface area contributed by atoms with Gasteiger partial charge in [-0.15, -0.1) is 0 Å². The van der Waals surface area contributed by atoms with Gasteiger partial charge in [0, 0.05) is 31.2 Å². The fourth-order valence-corrected chi connectivity index (χ4v) is 4.08. The van der Waals surface area contributed by atoms with E-state index < -0.39 is 0 Å². The normalized spacial score (nSPS) is 22.8. The zero-order chi connectivity index (χ0) is 18.8. The third kappa shape index (κ3) is 3.96. The summed E-state index contributed by atoms with van der Waals surface area (Å²) < 4.78 is 7.67. The largest absolute Gasteiger partial charge is 0.483 e. The van der Waals surface area contributed by atoms with Gasteiger partial charge in [0.05, 0.1) is 18.0 Å². The van der Waals surface area contributed by atoms with Crippen molar-refractivity contribution in [3.63, 3.8) is 0 Å². The number of piperazine rings is 1. The van der Waals surface area contributed by atoms with Crippen LogP contribution in [0.4, 0.5) is 5.69 Å². The molecule has 1 aromatic carbocycles. The van der Waals surface area contributed by atoms with E-state index >= 15 is 0 Å². The highest BCUT2D eigenvalue weighted by Gasteiger charge is 2.27. The van der Waals surface area contributed by atoms with Gasteiger partial charge in [0.25, 0.3) is 0 Å². The minimum Gasteiger partial charge on any atom is -0.483 e. The molecule has 27 heavy (non-hydrogen) atoms. The van der Waals surface area contributed by atoms with Gasteiger partial charge in [-0.05, 0) is 43.4 Å². The summed E-state index contributed by atoms with van der Waals surface area (Å²) in [6.45, 7) is 5.67. The van der Waals surface area contributed by atoms with Crippen LogP contribution in [0, 0.1) is 5.92 Å². The van der Waals surface area contributed by atoms with Crippen LogP contribution in [0.25, 0.3) is 5.69 Å². The van der Waals surface area contributed by atoms with Crippen molar-refractivity contribution >= 4 is 17.3 Å². The predicted octanol–water partition coefficient (Wildman–Crippen LogP) is 2.86. The van der Waals surface area contributed by atoms with Gasteiger partial charge >= 0.3 is 5.56 Å². The molecule has 4 rings (SSSR count). The molecule has 144 valence electrons. The number of ether oxygens (including phenoxy) is 1. The van der Waals surface area contributed by atoms with E-state index in [0.717, 1.165) is 51.1 Å². The minimum atomic E-state index is -0.229. The first-order valence-corrected chi connectivity index (χ1v) is 10.00. The first-order chi connectivity index (χ1) is 13.1. The van der Waals surface area contributed by atoms with E-state index in [1.807, 2.05) is 12.1 Å². The van der Waals surface area contributed by atoms with Gasteiger partial charge in [-0.3, -0.25) is 4.79 Å². The standard InChI is InChI=1S/C20H25ClN4O2/c1-14-5-6-17(11-14)27-19-18(24-9-7-22-8-10-24)13-23-25(20(19)26)16-4-2-3-15(21)12-16/h2-4,12-14,17,22H,5-11H2,1H3. The Balaban J connectivity index is 1.75. The number of hydrogen-bond donors (Lipinski definition) is 1. The van der Waals surface area contributed by atoms with E-state index in [0.29, 0.717) is 22.4 Å². The summed E-state index contributed by atoms with van der Waals surface area (Å²) in [5, 5.41) is 8.33. The molecule has 0 radical (unpaired) electrons. The number of benzene rings is 1. The second-order valence-corrected chi connectivity index (χ2v) is 7.89. The lowest BCUT2D eigenvalue weighted by molar-refractivity contribution is 0.201. The summed E-state index contributed by atoms with van der Waals surface area (Å²) in [5.74, 6) is 1.04.